The summed E-state index contributed by atoms with van der Waals surface area (Å²) in [6.45, 7) is -0.0839. The van der Waals surface area contributed by atoms with Crippen molar-refractivity contribution >= 4 is 15.9 Å². The number of hydrogen-bond donors (Lipinski definition) is 1. The SMILES string of the molecule is OCc1cc(Cc2ccccc2Br)on1. The third-order valence-corrected chi connectivity index (χ3v) is 2.87. The standard InChI is InChI=1S/C11H10BrNO2/c12-11-4-2-1-3-8(11)5-10-6-9(7-14)13-15-10/h1-4,6,14H,5,7H2. The van der Waals surface area contributed by atoms with Gasteiger partial charge < -0.3 is 9.63 Å². The van der Waals surface area contributed by atoms with Crippen molar-refractivity contribution in [1.82, 2.24) is 5.16 Å². The normalized spacial score (nSPS) is 10.5. The summed E-state index contributed by atoms with van der Waals surface area (Å²) < 4.78 is 6.13. The van der Waals surface area contributed by atoms with E-state index in [1.165, 1.54) is 0 Å². The summed E-state index contributed by atoms with van der Waals surface area (Å²) >= 11 is 3.47. The molecule has 0 saturated heterocycles. The lowest BCUT2D eigenvalue weighted by atomic mass is 10.1. The molecule has 3 nitrogen and oxygen atoms in total. The lowest BCUT2D eigenvalue weighted by Gasteiger charge is -1.99. The average molecular weight is 268 g/mol. The van der Waals surface area contributed by atoms with Crippen molar-refractivity contribution in [3.05, 3.63) is 51.8 Å². The molecule has 0 atom stereocenters. The van der Waals surface area contributed by atoms with Gasteiger partial charge in [0, 0.05) is 17.0 Å². The minimum Gasteiger partial charge on any atom is -0.390 e. The van der Waals surface area contributed by atoms with E-state index < -0.39 is 0 Å². The molecule has 15 heavy (non-hydrogen) atoms. The Morgan fingerprint density at radius 3 is 2.80 bits per heavy atom. The van der Waals surface area contributed by atoms with E-state index in [0.29, 0.717) is 12.1 Å². The van der Waals surface area contributed by atoms with Crippen LogP contribution in [0.1, 0.15) is 17.0 Å². The molecule has 2 rings (SSSR count). The smallest absolute Gasteiger partial charge is 0.141 e. The van der Waals surface area contributed by atoms with Crippen LogP contribution in [0.5, 0.6) is 0 Å². The van der Waals surface area contributed by atoms with Gasteiger partial charge in [-0.3, -0.25) is 0 Å². The zero-order valence-electron chi connectivity index (χ0n) is 7.98. The van der Waals surface area contributed by atoms with Crippen LogP contribution in [0.2, 0.25) is 0 Å². The summed E-state index contributed by atoms with van der Waals surface area (Å²) in [5.74, 6) is 0.756. The second kappa shape index (κ2) is 4.59. The Kier molecular flexibility index (Phi) is 3.18. The second-order valence-electron chi connectivity index (χ2n) is 3.21. The molecule has 0 radical (unpaired) electrons. The summed E-state index contributed by atoms with van der Waals surface area (Å²) in [6, 6.07) is 9.71. The maximum Gasteiger partial charge on any atom is 0.141 e. The Labute approximate surface area is 95.8 Å². The maximum atomic E-state index is 8.84. The van der Waals surface area contributed by atoms with Gasteiger partial charge in [-0.05, 0) is 11.6 Å². The predicted molar refractivity (Wildman–Crippen MR) is 59.4 cm³/mol. The summed E-state index contributed by atoms with van der Waals surface area (Å²) in [5.41, 5.74) is 1.70. The van der Waals surface area contributed by atoms with E-state index in [2.05, 4.69) is 21.1 Å². The highest BCUT2D eigenvalue weighted by Crippen LogP contribution is 2.19. The lowest BCUT2D eigenvalue weighted by Crippen LogP contribution is -1.86. The van der Waals surface area contributed by atoms with Crippen LogP contribution in [-0.4, -0.2) is 10.3 Å². The van der Waals surface area contributed by atoms with Crippen molar-refractivity contribution in [2.45, 2.75) is 13.0 Å². The number of halogens is 1. The third-order valence-electron chi connectivity index (χ3n) is 2.09. The van der Waals surface area contributed by atoms with E-state index in [9.17, 15) is 0 Å². The largest absolute Gasteiger partial charge is 0.390 e. The molecule has 78 valence electrons. The molecule has 0 spiro atoms. The summed E-state index contributed by atoms with van der Waals surface area (Å²) in [6.07, 6.45) is 0.675. The highest BCUT2D eigenvalue weighted by atomic mass is 79.9. The first-order valence-electron chi connectivity index (χ1n) is 4.58. The van der Waals surface area contributed by atoms with Crippen LogP contribution in [0.25, 0.3) is 0 Å². The number of rotatable bonds is 3. The van der Waals surface area contributed by atoms with Gasteiger partial charge in [0.05, 0.1) is 6.61 Å². The number of benzene rings is 1. The Balaban J connectivity index is 2.18. The van der Waals surface area contributed by atoms with Crippen LogP contribution >= 0.6 is 15.9 Å². The van der Waals surface area contributed by atoms with Crippen LogP contribution < -0.4 is 0 Å². The first-order valence-corrected chi connectivity index (χ1v) is 5.37. The van der Waals surface area contributed by atoms with E-state index >= 15 is 0 Å². The van der Waals surface area contributed by atoms with E-state index in [0.717, 1.165) is 15.8 Å². The fourth-order valence-corrected chi connectivity index (χ4v) is 1.77. The van der Waals surface area contributed by atoms with Gasteiger partial charge in [-0.1, -0.05) is 39.3 Å². The molecule has 0 fully saturated rings. The maximum absolute atomic E-state index is 8.84. The molecule has 0 unspecified atom stereocenters. The summed E-state index contributed by atoms with van der Waals surface area (Å²) in [4.78, 5) is 0. The molecule has 0 aliphatic heterocycles. The van der Waals surface area contributed by atoms with Crippen LogP contribution in [0, 0.1) is 0 Å². The van der Waals surface area contributed by atoms with Crippen LogP contribution in [0.15, 0.2) is 39.3 Å². The zero-order valence-corrected chi connectivity index (χ0v) is 9.57. The van der Waals surface area contributed by atoms with Gasteiger partial charge >= 0.3 is 0 Å². The number of aliphatic hydroxyl groups is 1. The van der Waals surface area contributed by atoms with Gasteiger partial charge in [0.2, 0.25) is 0 Å². The van der Waals surface area contributed by atoms with Gasteiger partial charge in [-0.25, -0.2) is 0 Å². The van der Waals surface area contributed by atoms with Gasteiger partial charge in [0.15, 0.2) is 0 Å². The number of hydrogen-bond acceptors (Lipinski definition) is 3. The molecule has 0 saturated carbocycles. The molecule has 1 heterocycles. The van der Waals surface area contributed by atoms with E-state index in [1.54, 1.807) is 6.07 Å². The van der Waals surface area contributed by atoms with Crippen molar-refractivity contribution in [3.8, 4) is 0 Å². The Bertz CT molecular complexity index is 453. The number of aromatic nitrogens is 1. The first-order chi connectivity index (χ1) is 7.29. The fourth-order valence-electron chi connectivity index (χ4n) is 1.34. The van der Waals surface area contributed by atoms with Crippen molar-refractivity contribution < 1.29 is 9.63 Å². The Morgan fingerprint density at radius 1 is 1.33 bits per heavy atom. The molecular formula is C11H10BrNO2. The second-order valence-corrected chi connectivity index (χ2v) is 4.07. The predicted octanol–water partition coefficient (Wildman–Crippen LogP) is 2.52. The highest BCUT2D eigenvalue weighted by molar-refractivity contribution is 9.10. The van der Waals surface area contributed by atoms with Gasteiger partial charge in [0.1, 0.15) is 11.5 Å². The van der Waals surface area contributed by atoms with Crippen LogP contribution in [-0.2, 0) is 13.0 Å². The van der Waals surface area contributed by atoms with Crippen LogP contribution in [0.4, 0.5) is 0 Å². The first kappa shape index (κ1) is 10.4. The highest BCUT2D eigenvalue weighted by Gasteiger charge is 2.06. The van der Waals surface area contributed by atoms with Crippen LogP contribution in [0.3, 0.4) is 0 Å². The molecule has 0 amide bonds. The van der Waals surface area contributed by atoms with E-state index in [1.807, 2.05) is 24.3 Å². The van der Waals surface area contributed by atoms with Gasteiger partial charge in [0.25, 0.3) is 0 Å². The molecule has 1 N–H and O–H groups in total. The topological polar surface area (TPSA) is 46.3 Å². The van der Waals surface area contributed by atoms with E-state index in [4.69, 9.17) is 9.63 Å². The molecule has 0 bridgehead atoms. The quantitative estimate of drug-likeness (QED) is 0.930. The molecule has 4 heteroatoms. The van der Waals surface area contributed by atoms with Gasteiger partial charge in [-0.15, -0.1) is 0 Å². The van der Waals surface area contributed by atoms with Crippen molar-refractivity contribution in [2.75, 3.05) is 0 Å². The molecule has 2 aromatic rings. The zero-order chi connectivity index (χ0) is 10.7. The number of aliphatic hydroxyl groups excluding tert-OH is 1. The summed E-state index contributed by atoms with van der Waals surface area (Å²) in [7, 11) is 0. The minimum atomic E-state index is -0.0839. The molecular weight excluding hydrogens is 258 g/mol. The monoisotopic (exact) mass is 267 g/mol. The molecule has 0 aliphatic rings. The molecule has 0 aliphatic carbocycles. The third kappa shape index (κ3) is 2.46. The van der Waals surface area contributed by atoms with Crippen molar-refractivity contribution in [1.29, 1.82) is 0 Å². The Morgan fingerprint density at radius 2 is 2.13 bits per heavy atom. The van der Waals surface area contributed by atoms with Crippen molar-refractivity contribution in [3.63, 3.8) is 0 Å². The molecule has 1 aromatic heterocycles. The van der Waals surface area contributed by atoms with E-state index in [-0.39, 0.29) is 6.61 Å². The average Bonchev–Trinajstić information content (AvgIpc) is 2.69. The number of nitrogens with zero attached hydrogens (tertiary/aromatic N) is 1. The minimum absolute atomic E-state index is 0.0839. The summed E-state index contributed by atoms with van der Waals surface area (Å²) in [5, 5.41) is 12.6. The Hall–Kier alpha value is -1.13. The lowest BCUT2D eigenvalue weighted by molar-refractivity contribution is 0.265. The van der Waals surface area contributed by atoms with Crippen molar-refractivity contribution in [2.24, 2.45) is 0 Å². The van der Waals surface area contributed by atoms with Gasteiger partial charge in [-0.2, -0.15) is 0 Å². The fraction of sp³-hybridized carbons (Fsp3) is 0.182. The molecule has 1 aromatic carbocycles.